The molecule has 0 spiro atoms. The van der Waals surface area contributed by atoms with E-state index in [4.69, 9.17) is 4.74 Å². The third-order valence-corrected chi connectivity index (χ3v) is 6.53. The zero-order valence-electron chi connectivity index (χ0n) is 13.6. The van der Waals surface area contributed by atoms with Crippen LogP contribution in [-0.2, 0) is 0 Å². The Kier molecular flexibility index (Phi) is 3.91. The minimum atomic E-state index is 0.0655. The predicted molar refractivity (Wildman–Crippen MR) is 93.7 cm³/mol. The van der Waals surface area contributed by atoms with Crippen LogP contribution in [0.25, 0.3) is 0 Å². The Balaban J connectivity index is 1.51. The third kappa shape index (κ3) is 2.90. The average molecular weight is 378 g/mol. The van der Waals surface area contributed by atoms with Crippen molar-refractivity contribution in [1.82, 2.24) is 5.32 Å². The fourth-order valence-electron chi connectivity index (χ4n) is 5.49. The van der Waals surface area contributed by atoms with Crippen molar-refractivity contribution in [2.75, 3.05) is 6.61 Å². The summed E-state index contributed by atoms with van der Waals surface area (Å²) in [7, 11) is 0. The summed E-state index contributed by atoms with van der Waals surface area (Å²) in [5.41, 5.74) is 0.785. The average Bonchev–Trinajstić information content (AvgIpc) is 2.47. The molecular formula is C19H24BrNO2. The number of carbonyl (C=O) groups excluding carboxylic acids is 1. The fourth-order valence-corrected chi connectivity index (χ4v) is 5.98. The summed E-state index contributed by atoms with van der Waals surface area (Å²) in [4.78, 5) is 12.8. The van der Waals surface area contributed by atoms with Gasteiger partial charge in [0.15, 0.2) is 0 Å². The Labute approximate surface area is 146 Å². The number of benzene rings is 1. The van der Waals surface area contributed by atoms with Crippen molar-refractivity contribution in [3.8, 4) is 5.75 Å². The van der Waals surface area contributed by atoms with Gasteiger partial charge in [0.1, 0.15) is 5.75 Å². The molecule has 0 aromatic heterocycles. The molecule has 124 valence electrons. The van der Waals surface area contributed by atoms with E-state index in [-0.39, 0.29) is 11.4 Å². The molecule has 1 aromatic rings. The molecule has 23 heavy (non-hydrogen) atoms. The van der Waals surface area contributed by atoms with Crippen molar-refractivity contribution < 1.29 is 9.53 Å². The minimum absolute atomic E-state index is 0.0655. The summed E-state index contributed by atoms with van der Waals surface area (Å²) in [5, 5.41) is 3.42. The topological polar surface area (TPSA) is 38.3 Å². The molecule has 5 rings (SSSR count). The Morgan fingerprint density at radius 3 is 2.35 bits per heavy atom. The summed E-state index contributed by atoms with van der Waals surface area (Å²) in [6.45, 7) is 2.58. The van der Waals surface area contributed by atoms with Crippen molar-refractivity contribution in [3.63, 3.8) is 0 Å². The molecule has 0 radical (unpaired) electrons. The first kappa shape index (κ1) is 15.5. The van der Waals surface area contributed by atoms with E-state index in [0.29, 0.717) is 6.61 Å². The zero-order valence-corrected chi connectivity index (χ0v) is 15.2. The van der Waals surface area contributed by atoms with Crippen LogP contribution in [0.15, 0.2) is 22.7 Å². The number of rotatable bonds is 4. The van der Waals surface area contributed by atoms with Crippen LogP contribution >= 0.6 is 15.9 Å². The highest BCUT2D eigenvalue weighted by Gasteiger charge is 2.51. The van der Waals surface area contributed by atoms with Gasteiger partial charge in [-0.15, -0.1) is 0 Å². The molecule has 1 amide bonds. The maximum atomic E-state index is 12.8. The standard InChI is InChI=1S/C19H24BrNO2/c1-2-23-17-4-3-15(8-16(17)20)18(22)21-19-9-12-5-13(10-19)7-14(6-12)11-19/h3-4,8,12-14H,2,5-7,9-11H2,1H3,(H,21,22). The van der Waals surface area contributed by atoms with Gasteiger partial charge in [-0.1, -0.05) is 0 Å². The molecule has 0 unspecified atom stereocenters. The van der Waals surface area contributed by atoms with Gasteiger partial charge in [-0.25, -0.2) is 0 Å². The highest BCUT2D eigenvalue weighted by molar-refractivity contribution is 9.10. The molecule has 4 aliphatic carbocycles. The van der Waals surface area contributed by atoms with Crippen LogP contribution in [0.5, 0.6) is 5.75 Å². The number of nitrogens with one attached hydrogen (secondary N) is 1. The van der Waals surface area contributed by atoms with Gasteiger partial charge in [-0.05, 0) is 97.3 Å². The second kappa shape index (κ2) is 5.80. The van der Waals surface area contributed by atoms with Gasteiger partial charge < -0.3 is 10.1 Å². The summed E-state index contributed by atoms with van der Waals surface area (Å²) in [6.07, 6.45) is 7.73. The van der Waals surface area contributed by atoms with Crippen LogP contribution < -0.4 is 10.1 Å². The van der Waals surface area contributed by atoms with Gasteiger partial charge >= 0.3 is 0 Å². The second-order valence-corrected chi connectivity index (χ2v) is 8.58. The number of halogens is 1. The quantitative estimate of drug-likeness (QED) is 0.835. The summed E-state index contributed by atoms with van der Waals surface area (Å²) in [5.74, 6) is 3.38. The Bertz CT molecular complexity index is 593. The molecule has 1 aromatic carbocycles. The van der Waals surface area contributed by atoms with Gasteiger partial charge in [-0.3, -0.25) is 4.79 Å². The fraction of sp³-hybridized carbons (Fsp3) is 0.632. The van der Waals surface area contributed by atoms with E-state index in [9.17, 15) is 4.79 Å². The molecule has 4 fully saturated rings. The van der Waals surface area contributed by atoms with Crippen LogP contribution in [0.1, 0.15) is 55.8 Å². The highest BCUT2D eigenvalue weighted by Crippen LogP contribution is 2.55. The molecular weight excluding hydrogens is 354 g/mol. The molecule has 0 aliphatic heterocycles. The lowest BCUT2D eigenvalue weighted by Crippen LogP contribution is -2.59. The molecule has 3 nitrogen and oxygen atoms in total. The maximum Gasteiger partial charge on any atom is 0.251 e. The summed E-state index contributed by atoms with van der Waals surface area (Å²) in [6, 6.07) is 5.62. The van der Waals surface area contributed by atoms with Crippen LogP contribution in [0.2, 0.25) is 0 Å². The Hall–Kier alpha value is -1.03. The monoisotopic (exact) mass is 377 g/mol. The van der Waals surface area contributed by atoms with Crippen molar-refractivity contribution in [2.24, 2.45) is 17.8 Å². The number of amides is 1. The second-order valence-electron chi connectivity index (χ2n) is 7.73. The lowest BCUT2D eigenvalue weighted by Gasteiger charge is -2.56. The molecule has 0 saturated heterocycles. The molecule has 1 N–H and O–H groups in total. The minimum Gasteiger partial charge on any atom is -0.493 e. The summed E-state index contributed by atoms with van der Waals surface area (Å²) < 4.78 is 6.37. The van der Waals surface area contributed by atoms with Crippen LogP contribution in [0, 0.1) is 17.8 Å². The van der Waals surface area contributed by atoms with E-state index in [1.54, 1.807) is 0 Å². The molecule has 0 heterocycles. The highest BCUT2D eigenvalue weighted by atomic mass is 79.9. The zero-order chi connectivity index (χ0) is 16.0. The number of carbonyl (C=O) groups is 1. The van der Waals surface area contributed by atoms with Gasteiger partial charge in [0.05, 0.1) is 11.1 Å². The van der Waals surface area contributed by atoms with E-state index in [1.807, 2.05) is 25.1 Å². The Morgan fingerprint density at radius 1 is 1.22 bits per heavy atom. The molecule has 4 bridgehead atoms. The number of hydrogen-bond acceptors (Lipinski definition) is 2. The van der Waals surface area contributed by atoms with Gasteiger partial charge in [0.25, 0.3) is 5.91 Å². The van der Waals surface area contributed by atoms with Gasteiger partial charge in [0, 0.05) is 11.1 Å². The largest absolute Gasteiger partial charge is 0.493 e. The van der Waals surface area contributed by atoms with Crippen molar-refractivity contribution in [2.45, 2.75) is 51.0 Å². The van der Waals surface area contributed by atoms with E-state index in [0.717, 1.165) is 33.5 Å². The van der Waals surface area contributed by atoms with Crippen LogP contribution in [0.3, 0.4) is 0 Å². The smallest absolute Gasteiger partial charge is 0.251 e. The first-order chi connectivity index (χ1) is 11.1. The SMILES string of the molecule is CCOc1ccc(C(=O)NC23CC4CC(CC(C4)C2)C3)cc1Br. The van der Waals surface area contributed by atoms with E-state index in [1.165, 1.54) is 38.5 Å². The van der Waals surface area contributed by atoms with Crippen molar-refractivity contribution in [3.05, 3.63) is 28.2 Å². The first-order valence-electron chi connectivity index (χ1n) is 8.82. The normalized spacial score (nSPS) is 34.4. The molecule has 4 saturated carbocycles. The third-order valence-electron chi connectivity index (χ3n) is 5.91. The molecule has 4 heteroatoms. The Morgan fingerprint density at radius 2 is 1.83 bits per heavy atom. The van der Waals surface area contributed by atoms with E-state index < -0.39 is 0 Å². The predicted octanol–water partition coefficient (Wildman–Crippen LogP) is 4.55. The first-order valence-corrected chi connectivity index (χ1v) is 9.61. The van der Waals surface area contributed by atoms with Crippen molar-refractivity contribution in [1.29, 1.82) is 0 Å². The lowest BCUT2D eigenvalue weighted by atomic mass is 9.53. The summed E-state index contributed by atoms with van der Waals surface area (Å²) >= 11 is 3.50. The maximum absolute atomic E-state index is 12.8. The van der Waals surface area contributed by atoms with E-state index >= 15 is 0 Å². The molecule has 0 atom stereocenters. The van der Waals surface area contributed by atoms with Crippen LogP contribution in [-0.4, -0.2) is 18.1 Å². The lowest BCUT2D eigenvalue weighted by molar-refractivity contribution is -0.0167. The van der Waals surface area contributed by atoms with Crippen molar-refractivity contribution >= 4 is 21.8 Å². The number of ether oxygens (including phenoxy) is 1. The van der Waals surface area contributed by atoms with E-state index in [2.05, 4.69) is 21.2 Å². The van der Waals surface area contributed by atoms with Gasteiger partial charge in [0.2, 0.25) is 0 Å². The number of hydrogen-bond donors (Lipinski definition) is 1. The van der Waals surface area contributed by atoms with Crippen LogP contribution in [0.4, 0.5) is 0 Å². The van der Waals surface area contributed by atoms with Gasteiger partial charge in [-0.2, -0.15) is 0 Å². The molecule has 4 aliphatic rings.